The van der Waals surface area contributed by atoms with E-state index in [9.17, 15) is 4.79 Å². The van der Waals surface area contributed by atoms with Crippen molar-refractivity contribution in [1.82, 2.24) is 25.1 Å². The van der Waals surface area contributed by atoms with Crippen LogP contribution in [-0.2, 0) is 11.2 Å². The molecule has 1 aliphatic carbocycles. The van der Waals surface area contributed by atoms with Gasteiger partial charge in [0.15, 0.2) is 4.77 Å². The van der Waals surface area contributed by atoms with Crippen LogP contribution in [0.4, 0.5) is 0 Å². The highest BCUT2D eigenvalue weighted by atomic mass is 32.1. The standard InChI is InChI=1S/C16H21N5OS/c1-10(2)21-14(19-20-16(21)23)5-7-18-15(22)13-8-12(13)11-4-3-6-17-9-11/h3-4,6,9-10,12-13H,5,7-8H2,1-2H3,(H,18,22)(H,20,23)/t12-,13-/m1/s1. The largest absolute Gasteiger partial charge is 0.355 e. The van der Waals surface area contributed by atoms with Crippen LogP contribution in [0, 0.1) is 10.7 Å². The summed E-state index contributed by atoms with van der Waals surface area (Å²) in [6.45, 7) is 4.70. The highest BCUT2D eigenvalue weighted by Gasteiger charge is 2.43. The third-order valence-corrected chi connectivity index (χ3v) is 4.47. The number of amides is 1. The van der Waals surface area contributed by atoms with Crippen LogP contribution in [0.1, 0.15) is 43.6 Å². The predicted molar refractivity (Wildman–Crippen MR) is 89.6 cm³/mol. The van der Waals surface area contributed by atoms with Crippen LogP contribution in [0.2, 0.25) is 0 Å². The summed E-state index contributed by atoms with van der Waals surface area (Å²) >= 11 is 5.22. The zero-order valence-electron chi connectivity index (χ0n) is 13.3. The van der Waals surface area contributed by atoms with Crippen LogP contribution >= 0.6 is 12.2 Å². The molecule has 2 aromatic heterocycles. The minimum Gasteiger partial charge on any atom is -0.355 e. The number of pyridine rings is 1. The van der Waals surface area contributed by atoms with E-state index in [0.29, 0.717) is 23.7 Å². The fourth-order valence-electron chi connectivity index (χ4n) is 2.92. The number of carbonyl (C=O) groups is 1. The molecule has 0 spiro atoms. The fraction of sp³-hybridized carbons (Fsp3) is 0.500. The van der Waals surface area contributed by atoms with Gasteiger partial charge < -0.3 is 9.88 Å². The predicted octanol–water partition coefficient (Wildman–Crippen LogP) is 2.38. The van der Waals surface area contributed by atoms with Gasteiger partial charge in [0.05, 0.1) is 0 Å². The van der Waals surface area contributed by atoms with Crippen molar-refractivity contribution in [3.8, 4) is 0 Å². The van der Waals surface area contributed by atoms with Crippen molar-refractivity contribution in [2.75, 3.05) is 6.54 Å². The van der Waals surface area contributed by atoms with Gasteiger partial charge in [-0.1, -0.05) is 6.07 Å². The molecule has 1 amide bonds. The Morgan fingerprint density at radius 1 is 1.57 bits per heavy atom. The van der Waals surface area contributed by atoms with Crippen molar-refractivity contribution in [1.29, 1.82) is 0 Å². The molecule has 7 heteroatoms. The lowest BCUT2D eigenvalue weighted by Gasteiger charge is -2.10. The number of hydrogen-bond donors (Lipinski definition) is 2. The van der Waals surface area contributed by atoms with E-state index >= 15 is 0 Å². The summed E-state index contributed by atoms with van der Waals surface area (Å²) in [5.41, 5.74) is 1.15. The minimum absolute atomic E-state index is 0.0742. The average Bonchev–Trinajstić information content (AvgIpc) is 3.26. The Hall–Kier alpha value is -2.02. The number of H-pyrrole nitrogens is 1. The summed E-state index contributed by atoms with van der Waals surface area (Å²) in [5.74, 6) is 1.38. The van der Waals surface area contributed by atoms with Gasteiger partial charge in [-0.3, -0.25) is 14.9 Å². The summed E-state index contributed by atoms with van der Waals surface area (Å²) in [7, 11) is 0. The van der Waals surface area contributed by atoms with Gasteiger partial charge in [-0.25, -0.2) is 0 Å². The molecule has 2 heterocycles. The van der Waals surface area contributed by atoms with E-state index in [1.807, 2.05) is 22.9 Å². The van der Waals surface area contributed by atoms with Gasteiger partial charge in [0.1, 0.15) is 5.82 Å². The molecule has 0 saturated heterocycles. The Morgan fingerprint density at radius 2 is 2.39 bits per heavy atom. The second kappa shape index (κ2) is 6.62. The van der Waals surface area contributed by atoms with Gasteiger partial charge in [0.2, 0.25) is 5.91 Å². The number of rotatable bonds is 6. The first-order valence-corrected chi connectivity index (χ1v) is 8.32. The van der Waals surface area contributed by atoms with E-state index in [-0.39, 0.29) is 17.9 Å². The molecule has 2 atom stereocenters. The maximum absolute atomic E-state index is 12.2. The molecule has 122 valence electrons. The van der Waals surface area contributed by atoms with Gasteiger partial charge >= 0.3 is 0 Å². The average molecular weight is 331 g/mol. The molecule has 2 aromatic rings. The molecule has 0 bridgehead atoms. The Kier molecular flexibility index (Phi) is 4.56. The summed E-state index contributed by atoms with van der Waals surface area (Å²) in [6, 6.07) is 4.20. The second-order valence-electron chi connectivity index (χ2n) is 6.18. The summed E-state index contributed by atoms with van der Waals surface area (Å²) in [6.07, 6.45) is 5.17. The van der Waals surface area contributed by atoms with Gasteiger partial charge in [-0.15, -0.1) is 0 Å². The summed E-state index contributed by atoms with van der Waals surface area (Å²) in [4.78, 5) is 16.3. The fourth-order valence-corrected chi connectivity index (χ4v) is 3.29. The maximum Gasteiger partial charge on any atom is 0.223 e. The first-order chi connectivity index (χ1) is 11.1. The van der Waals surface area contributed by atoms with E-state index in [0.717, 1.165) is 17.8 Å². The number of aromatic amines is 1. The van der Waals surface area contributed by atoms with Crippen molar-refractivity contribution in [2.24, 2.45) is 5.92 Å². The SMILES string of the molecule is CC(C)n1c(CCNC(=O)[C@@H]2C[C@@H]2c2cccnc2)n[nH]c1=S. The first-order valence-electron chi connectivity index (χ1n) is 7.91. The molecule has 1 saturated carbocycles. The lowest BCUT2D eigenvalue weighted by atomic mass is 10.1. The molecule has 0 aliphatic heterocycles. The van der Waals surface area contributed by atoms with Crippen LogP contribution in [0.25, 0.3) is 0 Å². The van der Waals surface area contributed by atoms with Crippen LogP contribution in [0.3, 0.4) is 0 Å². The lowest BCUT2D eigenvalue weighted by Crippen LogP contribution is -2.28. The molecule has 2 N–H and O–H groups in total. The summed E-state index contributed by atoms with van der Waals surface area (Å²) in [5, 5.41) is 10.1. The third-order valence-electron chi connectivity index (χ3n) is 4.18. The minimum atomic E-state index is 0.0742. The Morgan fingerprint density at radius 3 is 3.09 bits per heavy atom. The monoisotopic (exact) mass is 331 g/mol. The smallest absolute Gasteiger partial charge is 0.223 e. The quantitative estimate of drug-likeness (QED) is 0.797. The van der Waals surface area contributed by atoms with Crippen molar-refractivity contribution in [3.05, 3.63) is 40.7 Å². The van der Waals surface area contributed by atoms with Crippen LogP contribution < -0.4 is 5.32 Å². The van der Waals surface area contributed by atoms with E-state index in [1.54, 1.807) is 6.20 Å². The molecule has 1 fully saturated rings. The van der Waals surface area contributed by atoms with Crippen LogP contribution in [0.5, 0.6) is 0 Å². The number of aromatic nitrogens is 4. The Labute approximate surface area is 140 Å². The number of nitrogens with one attached hydrogen (secondary N) is 2. The molecular formula is C16H21N5OS. The van der Waals surface area contributed by atoms with Crippen molar-refractivity contribution in [2.45, 2.75) is 38.6 Å². The molecule has 1 aliphatic rings. The second-order valence-corrected chi connectivity index (χ2v) is 6.57. The Bertz CT molecular complexity index is 736. The molecule has 0 radical (unpaired) electrons. The highest BCUT2D eigenvalue weighted by molar-refractivity contribution is 7.71. The molecule has 6 nitrogen and oxygen atoms in total. The third kappa shape index (κ3) is 3.50. The van der Waals surface area contributed by atoms with E-state index in [2.05, 4.69) is 34.3 Å². The van der Waals surface area contributed by atoms with Crippen molar-refractivity contribution < 1.29 is 4.79 Å². The molecule has 0 unspecified atom stereocenters. The van der Waals surface area contributed by atoms with Gasteiger partial charge in [-0.2, -0.15) is 5.10 Å². The topological polar surface area (TPSA) is 75.6 Å². The van der Waals surface area contributed by atoms with Gasteiger partial charge in [-0.05, 0) is 50.0 Å². The van der Waals surface area contributed by atoms with E-state index < -0.39 is 0 Å². The van der Waals surface area contributed by atoms with Crippen molar-refractivity contribution in [3.63, 3.8) is 0 Å². The maximum atomic E-state index is 12.2. The lowest BCUT2D eigenvalue weighted by molar-refractivity contribution is -0.122. The number of hydrogen-bond acceptors (Lipinski definition) is 4. The normalized spacial score (nSPS) is 19.8. The van der Waals surface area contributed by atoms with Gasteiger partial charge in [0.25, 0.3) is 0 Å². The number of carbonyl (C=O) groups excluding carboxylic acids is 1. The van der Waals surface area contributed by atoms with Crippen LogP contribution in [0.15, 0.2) is 24.5 Å². The van der Waals surface area contributed by atoms with Gasteiger partial charge in [0, 0.05) is 37.3 Å². The molecular weight excluding hydrogens is 310 g/mol. The summed E-state index contributed by atoms with van der Waals surface area (Å²) < 4.78 is 2.61. The first kappa shape index (κ1) is 15.9. The van der Waals surface area contributed by atoms with Crippen LogP contribution in [-0.4, -0.2) is 32.2 Å². The van der Waals surface area contributed by atoms with Crippen molar-refractivity contribution >= 4 is 18.1 Å². The van der Waals surface area contributed by atoms with E-state index in [4.69, 9.17) is 12.2 Å². The zero-order chi connectivity index (χ0) is 16.4. The molecule has 3 rings (SSSR count). The Balaban J connectivity index is 1.51. The highest BCUT2D eigenvalue weighted by Crippen LogP contribution is 2.47. The van der Waals surface area contributed by atoms with E-state index in [1.165, 1.54) is 0 Å². The number of nitrogens with zero attached hydrogens (tertiary/aromatic N) is 3. The molecule has 0 aromatic carbocycles. The zero-order valence-corrected chi connectivity index (χ0v) is 14.1. The molecule has 23 heavy (non-hydrogen) atoms.